The summed E-state index contributed by atoms with van der Waals surface area (Å²) in [4.78, 5) is 0. The zero-order valence-corrected chi connectivity index (χ0v) is 5.57. The average molecular weight is 117 g/mol. The van der Waals surface area contributed by atoms with Crippen LogP contribution in [0.5, 0.6) is 0 Å². The molecule has 0 saturated carbocycles. The summed E-state index contributed by atoms with van der Waals surface area (Å²) in [5.74, 6) is 0. The molecule has 0 heterocycles. The molecule has 0 radical (unpaired) electrons. The largest absolute Gasteiger partial charge is 0.329 e. The molecular weight excluding hydrogens is 102 g/mol. The molecule has 0 aliphatic heterocycles. The Hall–Kier alpha value is -0.120. The predicted octanol–water partition coefficient (Wildman–Crippen LogP) is -1.12. The van der Waals surface area contributed by atoms with Crippen molar-refractivity contribution in [3.8, 4) is 0 Å². The first-order chi connectivity index (χ1) is 3.62. The van der Waals surface area contributed by atoms with Gasteiger partial charge in [0.1, 0.15) is 0 Å². The van der Waals surface area contributed by atoms with E-state index in [1.54, 1.807) is 0 Å². The zero-order valence-electron chi connectivity index (χ0n) is 5.57. The van der Waals surface area contributed by atoms with Gasteiger partial charge in [-0.05, 0) is 14.0 Å². The molecule has 3 nitrogen and oxygen atoms in total. The summed E-state index contributed by atoms with van der Waals surface area (Å²) in [6, 6.07) is 0. The van der Waals surface area contributed by atoms with Gasteiger partial charge in [0, 0.05) is 18.6 Å². The molecule has 0 aromatic rings. The molecule has 0 aliphatic rings. The Balaban J connectivity index is 3.37. The summed E-state index contributed by atoms with van der Waals surface area (Å²) in [6.07, 6.45) is 0. The van der Waals surface area contributed by atoms with Gasteiger partial charge in [-0.2, -0.15) is 0 Å². The summed E-state index contributed by atoms with van der Waals surface area (Å²) < 4.78 is 0. The number of likely N-dealkylation sites (N-methyl/N-ethyl adjacent to an activating group) is 1. The lowest BCUT2D eigenvalue weighted by Gasteiger charge is -2.21. The van der Waals surface area contributed by atoms with Crippen molar-refractivity contribution in [3.05, 3.63) is 0 Å². The van der Waals surface area contributed by atoms with E-state index in [2.05, 4.69) is 5.32 Å². The molecular formula is C5H15N3. The Labute approximate surface area is 50.4 Å². The second-order valence-electron chi connectivity index (χ2n) is 2.39. The van der Waals surface area contributed by atoms with E-state index in [9.17, 15) is 0 Å². The van der Waals surface area contributed by atoms with Crippen molar-refractivity contribution >= 4 is 0 Å². The van der Waals surface area contributed by atoms with Crippen molar-refractivity contribution in [2.75, 3.05) is 20.1 Å². The van der Waals surface area contributed by atoms with Gasteiger partial charge in [0.25, 0.3) is 0 Å². The highest BCUT2D eigenvalue weighted by molar-refractivity contribution is 4.80. The summed E-state index contributed by atoms with van der Waals surface area (Å²) in [7, 11) is 1.86. The van der Waals surface area contributed by atoms with Crippen molar-refractivity contribution in [2.45, 2.75) is 12.5 Å². The number of hydrogen-bond donors (Lipinski definition) is 3. The van der Waals surface area contributed by atoms with Gasteiger partial charge in [-0.1, -0.05) is 0 Å². The van der Waals surface area contributed by atoms with Crippen LogP contribution in [0.3, 0.4) is 0 Å². The highest BCUT2D eigenvalue weighted by Crippen LogP contribution is 1.90. The molecule has 5 N–H and O–H groups in total. The number of nitrogens with two attached hydrogens (primary N) is 2. The van der Waals surface area contributed by atoms with Gasteiger partial charge in [-0.15, -0.1) is 0 Å². The van der Waals surface area contributed by atoms with E-state index in [-0.39, 0.29) is 5.54 Å². The van der Waals surface area contributed by atoms with Gasteiger partial charge >= 0.3 is 0 Å². The summed E-state index contributed by atoms with van der Waals surface area (Å²) >= 11 is 0. The van der Waals surface area contributed by atoms with Crippen molar-refractivity contribution in [2.24, 2.45) is 11.5 Å². The lowest BCUT2D eigenvalue weighted by Crippen LogP contribution is -2.50. The predicted molar refractivity (Wildman–Crippen MR) is 35.6 cm³/mol. The molecule has 50 valence electrons. The van der Waals surface area contributed by atoms with Gasteiger partial charge in [0.05, 0.1) is 0 Å². The van der Waals surface area contributed by atoms with Gasteiger partial charge < -0.3 is 16.8 Å². The van der Waals surface area contributed by atoms with Crippen LogP contribution >= 0.6 is 0 Å². The Morgan fingerprint density at radius 3 is 2.25 bits per heavy atom. The molecule has 0 fully saturated rings. The van der Waals surface area contributed by atoms with Crippen LogP contribution in [-0.4, -0.2) is 25.7 Å². The van der Waals surface area contributed by atoms with Crippen molar-refractivity contribution in [1.82, 2.24) is 5.32 Å². The Bertz CT molecular complexity index is 60.7. The van der Waals surface area contributed by atoms with Crippen LogP contribution in [0.1, 0.15) is 6.92 Å². The smallest absolute Gasteiger partial charge is 0.0376 e. The van der Waals surface area contributed by atoms with Crippen LogP contribution in [0, 0.1) is 0 Å². The van der Waals surface area contributed by atoms with E-state index in [1.165, 1.54) is 0 Å². The van der Waals surface area contributed by atoms with E-state index in [1.807, 2.05) is 14.0 Å². The zero-order chi connectivity index (χ0) is 6.62. The molecule has 3 heteroatoms. The van der Waals surface area contributed by atoms with E-state index in [0.29, 0.717) is 6.54 Å². The Kier molecular flexibility index (Phi) is 2.97. The van der Waals surface area contributed by atoms with Crippen LogP contribution in [-0.2, 0) is 0 Å². The topological polar surface area (TPSA) is 64.1 Å². The van der Waals surface area contributed by atoms with Gasteiger partial charge in [0.2, 0.25) is 0 Å². The highest BCUT2D eigenvalue weighted by atomic mass is 14.9. The van der Waals surface area contributed by atoms with Crippen molar-refractivity contribution < 1.29 is 0 Å². The third kappa shape index (κ3) is 2.96. The van der Waals surface area contributed by atoms with E-state index < -0.39 is 0 Å². The van der Waals surface area contributed by atoms with Gasteiger partial charge in [-0.3, -0.25) is 0 Å². The highest BCUT2D eigenvalue weighted by Gasteiger charge is 2.12. The fraction of sp³-hybridized carbons (Fsp3) is 1.00. The summed E-state index contributed by atoms with van der Waals surface area (Å²) in [5.41, 5.74) is 10.7. The second-order valence-corrected chi connectivity index (χ2v) is 2.39. The second kappa shape index (κ2) is 3.02. The molecule has 0 aromatic carbocycles. The maximum Gasteiger partial charge on any atom is 0.0376 e. The van der Waals surface area contributed by atoms with E-state index in [4.69, 9.17) is 11.5 Å². The van der Waals surface area contributed by atoms with E-state index >= 15 is 0 Å². The molecule has 0 amide bonds. The third-order valence-corrected chi connectivity index (χ3v) is 1.05. The summed E-state index contributed by atoms with van der Waals surface area (Å²) in [6.45, 7) is 3.21. The molecule has 0 aliphatic carbocycles. The molecule has 0 aromatic heterocycles. The maximum atomic E-state index is 5.64. The van der Waals surface area contributed by atoms with Crippen molar-refractivity contribution in [1.29, 1.82) is 0 Å². The monoisotopic (exact) mass is 117 g/mol. The fourth-order valence-corrected chi connectivity index (χ4v) is 0.476. The standard InChI is InChI=1S/C5H15N3/c1-5(7,3-6)4-8-2/h8H,3-4,6-7H2,1-2H3. The van der Waals surface area contributed by atoms with Gasteiger partial charge in [0.15, 0.2) is 0 Å². The van der Waals surface area contributed by atoms with Crippen LogP contribution in [0.15, 0.2) is 0 Å². The minimum Gasteiger partial charge on any atom is -0.329 e. The molecule has 0 spiro atoms. The lowest BCUT2D eigenvalue weighted by molar-refractivity contribution is 0.457. The SMILES string of the molecule is CNCC(C)(N)CN. The number of hydrogen-bond acceptors (Lipinski definition) is 3. The van der Waals surface area contributed by atoms with Crippen LogP contribution in [0.25, 0.3) is 0 Å². The van der Waals surface area contributed by atoms with Crippen LogP contribution < -0.4 is 16.8 Å². The third-order valence-electron chi connectivity index (χ3n) is 1.05. The fourth-order valence-electron chi connectivity index (χ4n) is 0.476. The average Bonchev–Trinajstić information content (AvgIpc) is 1.67. The quantitative estimate of drug-likeness (QED) is 0.439. The maximum absolute atomic E-state index is 5.64. The Morgan fingerprint density at radius 1 is 1.62 bits per heavy atom. The molecule has 1 atom stereocenters. The molecule has 1 unspecified atom stereocenters. The molecule has 0 rings (SSSR count). The minimum absolute atomic E-state index is 0.241. The van der Waals surface area contributed by atoms with Crippen LogP contribution in [0.4, 0.5) is 0 Å². The van der Waals surface area contributed by atoms with Crippen LogP contribution in [0.2, 0.25) is 0 Å². The number of rotatable bonds is 3. The lowest BCUT2D eigenvalue weighted by atomic mass is 10.1. The summed E-state index contributed by atoms with van der Waals surface area (Å²) in [5, 5.41) is 2.95. The van der Waals surface area contributed by atoms with Gasteiger partial charge in [-0.25, -0.2) is 0 Å². The normalized spacial score (nSPS) is 18.0. The van der Waals surface area contributed by atoms with E-state index in [0.717, 1.165) is 6.54 Å². The molecule has 0 saturated heterocycles. The molecule has 0 bridgehead atoms. The first-order valence-corrected chi connectivity index (χ1v) is 2.76. The minimum atomic E-state index is -0.241. The molecule has 8 heavy (non-hydrogen) atoms. The first-order valence-electron chi connectivity index (χ1n) is 2.76. The van der Waals surface area contributed by atoms with Crippen molar-refractivity contribution in [3.63, 3.8) is 0 Å². The number of nitrogens with one attached hydrogen (secondary N) is 1. The first kappa shape index (κ1) is 7.88. The Morgan fingerprint density at radius 2 is 2.12 bits per heavy atom.